The van der Waals surface area contributed by atoms with E-state index in [4.69, 9.17) is 9.88 Å². The smallest absolute Gasteiger partial charge is 0.247 e. The molecule has 0 aliphatic carbocycles. The van der Waals surface area contributed by atoms with Gasteiger partial charge < -0.3 is 14.4 Å². The Balaban J connectivity index is 1.93. The van der Waals surface area contributed by atoms with E-state index in [0.29, 0.717) is 0 Å². The number of ether oxygens (including phenoxy) is 1. The zero-order valence-electron chi connectivity index (χ0n) is 14.1. The molecular formula is C16H21N3O3S3. The second kappa shape index (κ2) is 7.55. The SMILES string of the molecule is CCCN[C@H]1CN(c2ccc(OC)cc2)Sc2sc(S(N)(=O)=O)cc21. The van der Waals surface area contributed by atoms with Crippen molar-refractivity contribution in [2.24, 2.45) is 5.14 Å². The average molecular weight is 400 g/mol. The molecule has 1 aromatic carbocycles. The van der Waals surface area contributed by atoms with Gasteiger partial charge in [-0.05, 0) is 60.8 Å². The molecule has 1 aromatic heterocycles. The molecule has 25 heavy (non-hydrogen) atoms. The van der Waals surface area contributed by atoms with Crippen LogP contribution in [0.1, 0.15) is 24.9 Å². The highest BCUT2D eigenvalue weighted by Gasteiger charge is 2.30. The Morgan fingerprint density at radius 3 is 2.68 bits per heavy atom. The summed E-state index contributed by atoms with van der Waals surface area (Å²) in [6.07, 6.45) is 1.01. The van der Waals surface area contributed by atoms with Crippen molar-refractivity contribution >= 4 is 39.0 Å². The van der Waals surface area contributed by atoms with E-state index in [1.54, 1.807) is 25.1 Å². The fraction of sp³-hybridized carbons (Fsp3) is 0.375. The molecule has 0 amide bonds. The standard InChI is InChI=1S/C16H21N3O3S3/c1-3-8-18-14-10-19(11-4-6-12(22-2)7-5-11)24-16-13(14)9-15(23-16)25(17,20)21/h4-7,9,14,18H,3,8,10H2,1-2H3,(H2,17,20,21)/t14-/m0/s1. The van der Waals surface area contributed by atoms with Crippen LogP contribution >= 0.6 is 23.3 Å². The molecule has 0 radical (unpaired) electrons. The Kier molecular flexibility index (Phi) is 5.59. The summed E-state index contributed by atoms with van der Waals surface area (Å²) in [6, 6.07) is 9.61. The second-order valence-corrected chi connectivity index (χ2v) is 9.84. The van der Waals surface area contributed by atoms with Gasteiger partial charge in [0.1, 0.15) is 9.96 Å². The number of nitrogens with zero attached hydrogens (tertiary/aromatic N) is 1. The number of nitrogens with two attached hydrogens (primary N) is 1. The van der Waals surface area contributed by atoms with Crippen molar-refractivity contribution in [2.75, 3.05) is 24.5 Å². The molecular weight excluding hydrogens is 378 g/mol. The monoisotopic (exact) mass is 399 g/mol. The highest BCUT2D eigenvalue weighted by Crippen LogP contribution is 2.45. The predicted octanol–water partition coefficient (Wildman–Crippen LogP) is 2.97. The Bertz CT molecular complexity index is 834. The van der Waals surface area contributed by atoms with Crippen LogP contribution in [0.2, 0.25) is 0 Å². The summed E-state index contributed by atoms with van der Waals surface area (Å²) in [4.78, 5) is 0. The molecule has 0 saturated heterocycles. The highest BCUT2D eigenvalue weighted by molar-refractivity contribution is 8.03. The summed E-state index contributed by atoms with van der Waals surface area (Å²) in [6.45, 7) is 3.71. The van der Waals surface area contributed by atoms with Crippen LogP contribution in [0, 0.1) is 0 Å². The number of methoxy groups -OCH3 is 1. The Hall–Kier alpha value is -1.26. The number of primary sulfonamides is 1. The molecule has 2 aromatic rings. The average Bonchev–Trinajstić information content (AvgIpc) is 3.04. The quantitative estimate of drug-likeness (QED) is 0.727. The van der Waals surface area contributed by atoms with Gasteiger partial charge >= 0.3 is 0 Å². The van der Waals surface area contributed by atoms with E-state index in [2.05, 4.69) is 16.5 Å². The van der Waals surface area contributed by atoms with Crippen molar-refractivity contribution in [3.63, 3.8) is 0 Å². The maximum atomic E-state index is 11.7. The van der Waals surface area contributed by atoms with Gasteiger partial charge in [-0.25, -0.2) is 13.6 Å². The minimum atomic E-state index is -3.69. The summed E-state index contributed by atoms with van der Waals surface area (Å²) in [7, 11) is -2.05. The molecule has 1 aliphatic heterocycles. The minimum absolute atomic E-state index is 0.0602. The van der Waals surface area contributed by atoms with Crippen LogP contribution in [-0.2, 0) is 10.0 Å². The van der Waals surface area contributed by atoms with Gasteiger partial charge in [-0.15, -0.1) is 11.3 Å². The van der Waals surface area contributed by atoms with E-state index < -0.39 is 10.0 Å². The summed E-state index contributed by atoms with van der Waals surface area (Å²) in [5.41, 5.74) is 2.06. The molecule has 6 nitrogen and oxygen atoms in total. The molecule has 0 bridgehead atoms. The predicted molar refractivity (Wildman–Crippen MR) is 103 cm³/mol. The van der Waals surface area contributed by atoms with Gasteiger partial charge in [-0.1, -0.05) is 6.92 Å². The Labute approximate surface area is 156 Å². The van der Waals surface area contributed by atoms with Crippen molar-refractivity contribution in [3.05, 3.63) is 35.9 Å². The molecule has 1 aliphatic rings. The third-order valence-corrected chi connectivity index (χ3v) is 7.72. The summed E-state index contributed by atoms with van der Waals surface area (Å²) in [5.74, 6) is 0.805. The minimum Gasteiger partial charge on any atom is -0.497 e. The van der Waals surface area contributed by atoms with Crippen LogP contribution in [0.5, 0.6) is 5.75 Å². The first-order chi connectivity index (χ1) is 11.9. The lowest BCUT2D eigenvalue weighted by atomic mass is 10.1. The summed E-state index contributed by atoms with van der Waals surface area (Å²) >= 11 is 2.78. The van der Waals surface area contributed by atoms with Crippen LogP contribution < -0.4 is 19.5 Å². The third-order valence-electron chi connectivity index (χ3n) is 3.90. The topological polar surface area (TPSA) is 84.7 Å². The second-order valence-electron chi connectivity index (χ2n) is 5.71. The number of benzene rings is 1. The number of sulfonamides is 1. The molecule has 136 valence electrons. The lowest BCUT2D eigenvalue weighted by molar-refractivity contribution is 0.415. The van der Waals surface area contributed by atoms with Gasteiger partial charge in [-0.3, -0.25) is 0 Å². The van der Waals surface area contributed by atoms with E-state index in [1.165, 1.54) is 11.3 Å². The fourth-order valence-corrected chi connectivity index (χ4v) is 6.12. The molecule has 2 heterocycles. The van der Waals surface area contributed by atoms with E-state index >= 15 is 0 Å². The van der Waals surface area contributed by atoms with Gasteiger partial charge in [0.2, 0.25) is 10.0 Å². The van der Waals surface area contributed by atoms with E-state index in [0.717, 1.165) is 40.7 Å². The number of rotatable bonds is 6. The molecule has 0 saturated carbocycles. The van der Waals surface area contributed by atoms with Crippen LogP contribution in [0.15, 0.2) is 38.8 Å². The van der Waals surface area contributed by atoms with Crippen molar-refractivity contribution < 1.29 is 13.2 Å². The van der Waals surface area contributed by atoms with E-state index in [9.17, 15) is 8.42 Å². The van der Waals surface area contributed by atoms with E-state index in [1.807, 2.05) is 24.3 Å². The molecule has 1 atom stereocenters. The normalized spacial score (nSPS) is 17.4. The lowest BCUT2D eigenvalue weighted by Crippen LogP contribution is -2.35. The third kappa shape index (κ3) is 4.12. The Morgan fingerprint density at radius 2 is 2.08 bits per heavy atom. The van der Waals surface area contributed by atoms with Gasteiger partial charge in [0.25, 0.3) is 0 Å². The van der Waals surface area contributed by atoms with Crippen LogP contribution in [0.3, 0.4) is 0 Å². The summed E-state index contributed by atoms with van der Waals surface area (Å²) in [5, 5.41) is 8.82. The number of hydrogen-bond acceptors (Lipinski definition) is 7. The number of thiophene rings is 1. The van der Waals surface area contributed by atoms with Crippen molar-refractivity contribution in [3.8, 4) is 5.75 Å². The van der Waals surface area contributed by atoms with Gasteiger partial charge in [-0.2, -0.15) is 0 Å². The first kappa shape index (κ1) is 18.5. The van der Waals surface area contributed by atoms with Gasteiger partial charge in [0, 0.05) is 12.2 Å². The summed E-state index contributed by atoms with van der Waals surface area (Å²) < 4.78 is 32.0. The molecule has 9 heteroatoms. The van der Waals surface area contributed by atoms with Crippen molar-refractivity contribution in [2.45, 2.75) is 27.8 Å². The number of fused-ring (bicyclic) bond motifs is 1. The van der Waals surface area contributed by atoms with Gasteiger partial charge in [0.15, 0.2) is 0 Å². The number of hydrogen-bond donors (Lipinski definition) is 2. The maximum absolute atomic E-state index is 11.7. The van der Waals surface area contributed by atoms with Crippen LogP contribution in [0.4, 0.5) is 5.69 Å². The van der Waals surface area contributed by atoms with Crippen molar-refractivity contribution in [1.29, 1.82) is 0 Å². The first-order valence-electron chi connectivity index (χ1n) is 7.92. The molecule has 0 fully saturated rings. The zero-order valence-corrected chi connectivity index (χ0v) is 16.5. The molecule has 3 N–H and O–H groups in total. The van der Waals surface area contributed by atoms with Gasteiger partial charge in [0.05, 0.1) is 17.4 Å². The highest BCUT2D eigenvalue weighted by atomic mass is 32.3. The van der Waals surface area contributed by atoms with E-state index in [-0.39, 0.29) is 10.3 Å². The van der Waals surface area contributed by atoms with Crippen LogP contribution in [0.25, 0.3) is 0 Å². The zero-order chi connectivity index (χ0) is 18.0. The van der Waals surface area contributed by atoms with Crippen molar-refractivity contribution in [1.82, 2.24) is 5.32 Å². The molecule has 0 unspecified atom stereocenters. The Morgan fingerprint density at radius 1 is 1.36 bits per heavy atom. The fourth-order valence-electron chi connectivity index (χ4n) is 2.62. The van der Waals surface area contributed by atoms with Crippen LogP contribution in [-0.4, -0.2) is 28.6 Å². The largest absolute Gasteiger partial charge is 0.497 e. The lowest BCUT2D eigenvalue weighted by Gasteiger charge is -2.33. The maximum Gasteiger partial charge on any atom is 0.247 e. The first-order valence-corrected chi connectivity index (χ1v) is 11.1. The molecule has 0 spiro atoms. The molecule has 3 rings (SSSR count). The number of anilines is 1. The number of nitrogens with one attached hydrogen (secondary N) is 1.